The topological polar surface area (TPSA) is 22.1 Å². The predicted octanol–water partition coefficient (Wildman–Crippen LogP) is 4.96. The molecular weight excluding hydrogens is 393 g/mol. The van der Waals surface area contributed by atoms with Gasteiger partial charge in [-0.05, 0) is 32.0 Å². The summed E-state index contributed by atoms with van der Waals surface area (Å²) in [7, 11) is 0. The normalized spacial score (nSPS) is 21.0. The van der Waals surface area contributed by atoms with E-state index < -0.39 is 3.78 Å². The van der Waals surface area contributed by atoms with Crippen LogP contribution in [0.2, 0.25) is 0 Å². The predicted molar refractivity (Wildman–Crippen MR) is 85.5 cm³/mol. The monoisotopic (exact) mass is 403 g/mol. The maximum Gasteiger partial charge on any atom is 0.134 e. The maximum absolute atomic E-state index is 6.33. The van der Waals surface area contributed by atoms with Crippen LogP contribution in [0.3, 0.4) is 0 Å². The molecule has 1 aromatic carbocycles. The van der Waals surface area contributed by atoms with Gasteiger partial charge in [-0.2, -0.15) is 0 Å². The number of hydrogen-bond acceptors (Lipinski definition) is 2. The number of benzene rings is 1. The van der Waals surface area contributed by atoms with Crippen molar-refractivity contribution in [2.75, 3.05) is 0 Å². The molecule has 0 radical (unpaired) electrons. The molecule has 3 rings (SSSR count). The SMILES string of the molecule is Cc1nc2ccc(Br)cc2c2c1C[C@@H]([C@](C)(Cl)Br)O2. The number of rotatable bonds is 1. The lowest BCUT2D eigenvalue weighted by Gasteiger charge is -2.21. The third-order valence-corrected chi connectivity index (χ3v) is 4.66. The van der Waals surface area contributed by atoms with Gasteiger partial charge in [0, 0.05) is 27.5 Å². The molecule has 5 heteroatoms. The van der Waals surface area contributed by atoms with Gasteiger partial charge in [0.25, 0.3) is 0 Å². The lowest BCUT2D eigenvalue weighted by Crippen LogP contribution is -2.31. The molecule has 1 aromatic heterocycles. The summed E-state index contributed by atoms with van der Waals surface area (Å²) in [5.41, 5.74) is 3.12. The average molecular weight is 406 g/mol. The highest BCUT2D eigenvalue weighted by Crippen LogP contribution is 2.43. The van der Waals surface area contributed by atoms with Crippen molar-refractivity contribution in [1.82, 2.24) is 4.98 Å². The fourth-order valence-electron chi connectivity index (χ4n) is 2.39. The molecule has 0 N–H and O–H groups in total. The highest BCUT2D eigenvalue weighted by Gasteiger charge is 2.38. The van der Waals surface area contributed by atoms with Gasteiger partial charge >= 0.3 is 0 Å². The van der Waals surface area contributed by atoms with E-state index in [9.17, 15) is 0 Å². The van der Waals surface area contributed by atoms with Gasteiger partial charge in [0.05, 0.1) is 5.52 Å². The number of hydrogen-bond donors (Lipinski definition) is 0. The second kappa shape index (κ2) is 4.61. The second-order valence-electron chi connectivity index (χ2n) is 4.93. The summed E-state index contributed by atoms with van der Waals surface area (Å²) in [6.45, 7) is 3.93. The van der Waals surface area contributed by atoms with Crippen LogP contribution in [0, 0.1) is 6.92 Å². The molecule has 0 unspecified atom stereocenters. The van der Waals surface area contributed by atoms with Gasteiger partial charge in [0.1, 0.15) is 15.6 Å². The molecule has 0 aliphatic carbocycles. The van der Waals surface area contributed by atoms with Crippen LogP contribution in [0.1, 0.15) is 18.2 Å². The number of alkyl halides is 2. The van der Waals surface area contributed by atoms with Gasteiger partial charge in [-0.1, -0.05) is 31.9 Å². The zero-order valence-electron chi connectivity index (χ0n) is 10.5. The average Bonchev–Trinajstić information content (AvgIpc) is 2.76. The van der Waals surface area contributed by atoms with E-state index in [2.05, 4.69) is 36.8 Å². The highest BCUT2D eigenvalue weighted by molar-refractivity contribution is 9.10. The summed E-state index contributed by atoms with van der Waals surface area (Å²) in [5.74, 6) is 0.917. The van der Waals surface area contributed by atoms with Crippen LogP contribution in [0.4, 0.5) is 0 Å². The van der Waals surface area contributed by atoms with Crippen molar-refractivity contribution in [2.24, 2.45) is 0 Å². The molecule has 1 aliphatic heterocycles. The van der Waals surface area contributed by atoms with Crippen molar-refractivity contribution in [3.8, 4) is 5.75 Å². The standard InChI is InChI=1S/C14H12Br2ClNO/c1-7-9-6-12(14(2,16)17)19-13(9)10-5-8(15)3-4-11(10)18-7/h3-5,12H,6H2,1-2H3/t12-,14-/m0/s1. The van der Waals surface area contributed by atoms with Gasteiger partial charge in [0.2, 0.25) is 0 Å². The Balaban J connectivity index is 2.20. The molecule has 2 atom stereocenters. The van der Waals surface area contributed by atoms with Gasteiger partial charge in [-0.3, -0.25) is 4.98 Å². The Morgan fingerprint density at radius 1 is 1.47 bits per heavy atom. The van der Waals surface area contributed by atoms with Crippen LogP contribution in [0.25, 0.3) is 10.9 Å². The van der Waals surface area contributed by atoms with Crippen LogP contribution in [-0.2, 0) is 6.42 Å². The molecule has 0 amide bonds. The van der Waals surface area contributed by atoms with Gasteiger partial charge in [-0.15, -0.1) is 11.6 Å². The number of nitrogens with zero attached hydrogens (tertiary/aromatic N) is 1. The summed E-state index contributed by atoms with van der Waals surface area (Å²) >= 11 is 13.3. The Morgan fingerprint density at radius 3 is 2.89 bits per heavy atom. The Hall–Kier alpha value is -0.320. The summed E-state index contributed by atoms with van der Waals surface area (Å²) in [5, 5.41) is 1.03. The molecule has 0 bridgehead atoms. The Labute approximate surface area is 133 Å². The van der Waals surface area contributed by atoms with E-state index in [0.717, 1.165) is 38.8 Å². The fraction of sp³-hybridized carbons (Fsp3) is 0.357. The van der Waals surface area contributed by atoms with Crippen molar-refractivity contribution in [2.45, 2.75) is 30.2 Å². The number of aryl methyl sites for hydroxylation is 1. The van der Waals surface area contributed by atoms with Crippen molar-refractivity contribution in [1.29, 1.82) is 0 Å². The van der Waals surface area contributed by atoms with E-state index >= 15 is 0 Å². The van der Waals surface area contributed by atoms with Crippen LogP contribution >= 0.6 is 43.5 Å². The van der Waals surface area contributed by atoms with E-state index in [1.807, 2.05) is 32.0 Å². The van der Waals surface area contributed by atoms with Crippen molar-refractivity contribution in [3.05, 3.63) is 33.9 Å². The minimum Gasteiger partial charge on any atom is -0.486 e. The third-order valence-electron chi connectivity index (χ3n) is 3.42. The molecule has 0 saturated heterocycles. The molecular formula is C14H12Br2ClNO. The minimum absolute atomic E-state index is 0.0887. The summed E-state index contributed by atoms with van der Waals surface area (Å²) in [4.78, 5) is 4.65. The Bertz CT molecular complexity index is 667. The number of ether oxygens (including phenoxy) is 1. The smallest absolute Gasteiger partial charge is 0.134 e. The highest BCUT2D eigenvalue weighted by atomic mass is 79.9. The summed E-state index contributed by atoms with van der Waals surface area (Å²) in [6, 6.07) is 6.03. The molecule has 0 fully saturated rings. The molecule has 1 aliphatic rings. The first-order chi connectivity index (χ1) is 8.86. The second-order valence-corrected chi connectivity index (χ2v) is 8.74. The van der Waals surface area contributed by atoms with Crippen molar-refractivity contribution < 1.29 is 4.74 Å². The Morgan fingerprint density at radius 2 is 2.21 bits per heavy atom. The van der Waals surface area contributed by atoms with E-state index in [0.29, 0.717) is 0 Å². The van der Waals surface area contributed by atoms with Crippen LogP contribution in [0.5, 0.6) is 5.75 Å². The summed E-state index contributed by atoms with van der Waals surface area (Å²) < 4.78 is 6.53. The minimum atomic E-state index is -0.573. The summed E-state index contributed by atoms with van der Waals surface area (Å²) in [6.07, 6.45) is 0.691. The first-order valence-electron chi connectivity index (χ1n) is 5.99. The molecule has 2 nitrogen and oxygen atoms in total. The Kier molecular flexibility index (Phi) is 3.31. The molecule has 2 aromatic rings. The van der Waals surface area contributed by atoms with E-state index in [-0.39, 0.29) is 6.10 Å². The van der Waals surface area contributed by atoms with Gasteiger partial charge < -0.3 is 4.74 Å². The molecule has 0 spiro atoms. The van der Waals surface area contributed by atoms with Crippen LogP contribution in [-0.4, -0.2) is 14.9 Å². The quantitative estimate of drug-likeness (QED) is 0.626. The molecule has 2 heterocycles. The third kappa shape index (κ3) is 2.39. The van der Waals surface area contributed by atoms with E-state index in [1.165, 1.54) is 0 Å². The lowest BCUT2D eigenvalue weighted by molar-refractivity contribution is 0.225. The number of pyridine rings is 1. The van der Waals surface area contributed by atoms with Crippen LogP contribution in [0.15, 0.2) is 22.7 Å². The largest absolute Gasteiger partial charge is 0.486 e. The van der Waals surface area contributed by atoms with E-state index in [4.69, 9.17) is 16.3 Å². The molecule has 0 saturated carbocycles. The first kappa shape index (κ1) is 13.7. The van der Waals surface area contributed by atoms with Gasteiger partial charge in [0.15, 0.2) is 0 Å². The number of halogens is 3. The lowest BCUT2D eigenvalue weighted by atomic mass is 10.0. The van der Waals surface area contributed by atoms with Crippen LogP contribution < -0.4 is 4.74 Å². The van der Waals surface area contributed by atoms with E-state index in [1.54, 1.807) is 0 Å². The zero-order chi connectivity index (χ0) is 13.8. The maximum atomic E-state index is 6.33. The van der Waals surface area contributed by atoms with Crippen molar-refractivity contribution in [3.63, 3.8) is 0 Å². The molecule has 100 valence electrons. The zero-order valence-corrected chi connectivity index (χ0v) is 14.4. The number of aromatic nitrogens is 1. The van der Waals surface area contributed by atoms with Gasteiger partial charge in [-0.25, -0.2) is 0 Å². The molecule has 19 heavy (non-hydrogen) atoms. The number of fused-ring (bicyclic) bond motifs is 3. The fourth-order valence-corrected chi connectivity index (χ4v) is 3.13. The van der Waals surface area contributed by atoms with Crippen molar-refractivity contribution >= 4 is 54.4 Å². The first-order valence-corrected chi connectivity index (χ1v) is 7.96.